The minimum atomic E-state index is -2.36. The molecule has 3 heterocycles. The Labute approximate surface area is 261 Å². The fraction of sp³-hybridized carbons (Fsp3) is 0.200. The highest BCUT2D eigenvalue weighted by molar-refractivity contribution is 6.24. The zero-order valence-electron chi connectivity index (χ0n) is 28.6. The molecule has 8 aromatic rings. The summed E-state index contributed by atoms with van der Waals surface area (Å²) in [5.41, 5.74) is 7.78. The fourth-order valence-electron chi connectivity index (χ4n) is 6.97. The zero-order valence-corrected chi connectivity index (χ0v) is 25.6. The lowest BCUT2D eigenvalue weighted by Gasteiger charge is -2.22. The SMILES string of the molecule is [2H]C([2H])([2H])c1cc2c(nc(-c3cccc4c3oc3ccc5c6ccccc6ccc5c34)n2-c2c(C(C)C)cccc2C(C)C)c(C)n1. The monoisotopic (exact) mass is 576 g/mol. The van der Waals surface area contributed by atoms with Gasteiger partial charge in [-0.3, -0.25) is 9.55 Å². The van der Waals surface area contributed by atoms with Crippen LogP contribution >= 0.6 is 0 Å². The topological polar surface area (TPSA) is 43.9 Å². The molecule has 0 fully saturated rings. The molecule has 0 saturated carbocycles. The van der Waals surface area contributed by atoms with Crippen molar-refractivity contribution in [1.82, 2.24) is 14.5 Å². The van der Waals surface area contributed by atoms with Crippen molar-refractivity contribution >= 4 is 54.5 Å². The van der Waals surface area contributed by atoms with Gasteiger partial charge in [0, 0.05) is 20.6 Å². The molecular weight excluding hydrogens is 538 g/mol. The van der Waals surface area contributed by atoms with Gasteiger partial charge in [0.15, 0.2) is 0 Å². The van der Waals surface area contributed by atoms with Crippen molar-refractivity contribution in [2.24, 2.45) is 0 Å². The number of aryl methyl sites for hydroxylation is 2. The van der Waals surface area contributed by atoms with E-state index in [4.69, 9.17) is 13.5 Å². The summed E-state index contributed by atoms with van der Waals surface area (Å²) in [7, 11) is 0. The first-order valence-electron chi connectivity index (χ1n) is 16.8. The van der Waals surface area contributed by atoms with E-state index in [0.717, 1.165) is 55.2 Å². The largest absolute Gasteiger partial charge is 0.455 e. The van der Waals surface area contributed by atoms with Crippen molar-refractivity contribution in [3.05, 3.63) is 114 Å². The Morgan fingerprint density at radius 2 is 1.45 bits per heavy atom. The molecule has 0 radical (unpaired) electrons. The molecule has 8 rings (SSSR count). The molecule has 3 aromatic heterocycles. The Morgan fingerprint density at radius 1 is 0.727 bits per heavy atom. The Hall–Kier alpha value is -4.96. The highest BCUT2D eigenvalue weighted by Crippen LogP contribution is 2.43. The average molecular weight is 577 g/mol. The smallest absolute Gasteiger partial charge is 0.149 e. The number of nitrogens with zero attached hydrogens (tertiary/aromatic N) is 3. The molecule has 4 nitrogen and oxygen atoms in total. The number of imidazole rings is 1. The van der Waals surface area contributed by atoms with Crippen molar-refractivity contribution in [1.29, 1.82) is 0 Å². The Morgan fingerprint density at radius 3 is 2.23 bits per heavy atom. The second-order valence-electron chi connectivity index (χ2n) is 12.4. The van der Waals surface area contributed by atoms with Crippen molar-refractivity contribution in [2.45, 2.75) is 53.3 Å². The van der Waals surface area contributed by atoms with Crippen LogP contribution in [0.25, 0.3) is 71.6 Å². The van der Waals surface area contributed by atoms with Crippen molar-refractivity contribution in [3.8, 4) is 17.1 Å². The van der Waals surface area contributed by atoms with Crippen LogP contribution in [0, 0.1) is 13.8 Å². The molecule has 216 valence electrons. The van der Waals surface area contributed by atoms with Gasteiger partial charge in [0.05, 0.1) is 22.5 Å². The number of fused-ring (bicyclic) bond motifs is 8. The molecule has 4 heteroatoms. The molecule has 0 aliphatic heterocycles. The van der Waals surface area contributed by atoms with Gasteiger partial charge in [0.25, 0.3) is 0 Å². The maximum Gasteiger partial charge on any atom is 0.149 e. The number of hydrogen-bond donors (Lipinski definition) is 0. The zero-order chi connectivity index (χ0) is 32.8. The number of rotatable bonds is 4. The Bertz CT molecular complexity index is 2510. The predicted octanol–water partition coefficient (Wildman–Crippen LogP) is 11.2. The van der Waals surface area contributed by atoms with E-state index in [-0.39, 0.29) is 17.5 Å². The molecule has 0 saturated heterocycles. The first kappa shape index (κ1) is 23.5. The summed E-state index contributed by atoms with van der Waals surface area (Å²) in [6.45, 7) is 8.24. The molecule has 0 atom stereocenters. The van der Waals surface area contributed by atoms with E-state index in [9.17, 15) is 0 Å². The number of para-hydroxylation sites is 2. The van der Waals surface area contributed by atoms with E-state index in [2.05, 4.69) is 122 Å². The van der Waals surface area contributed by atoms with Crippen LogP contribution in [0.5, 0.6) is 0 Å². The second-order valence-corrected chi connectivity index (χ2v) is 12.4. The molecule has 0 amide bonds. The fourth-order valence-corrected chi connectivity index (χ4v) is 6.97. The lowest BCUT2D eigenvalue weighted by Crippen LogP contribution is -2.08. The van der Waals surface area contributed by atoms with Crippen LogP contribution in [0.1, 0.15) is 66.2 Å². The maximum atomic E-state index is 8.22. The van der Waals surface area contributed by atoms with Crippen LogP contribution in [0.3, 0.4) is 0 Å². The van der Waals surface area contributed by atoms with Gasteiger partial charge in [-0.25, -0.2) is 4.98 Å². The summed E-state index contributed by atoms with van der Waals surface area (Å²) in [5.74, 6) is 1.12. The summed E-state index contributed by atoms with van der Waals surface area (Å²) >= 11 is 0. The van der Waals surface area contributed by atoms with E-state index in [1.807, 2.05) is 6.92 Å². The summed E-state index contributed by atoms with van der Waals surface area (Å²) in [6, 6.07) is 31.4. The van der Waals surface area contributed by atoms with E-state index in [1.54, 1.807) is 6.07 Å². The van der Waals surface area contributed by atoms with Crippen molar-refractivity contribution in [2.75, 3.05) is 0 Å². The minimum absolute atomic E-state index is 0.0592. The summed E-state index contributed by atoms with van der Waals surface area (Å²) in [5, 5.41) is 6.81. The second kappa shape index (κ2) is 9.78. The van der Waals surface area contributed by atoms with Crippen LogP contribution in [0.4, 0.5) is 0 Å². The Balaban J connectivity index is 1.52. The van der Waals surface area contributed by atoms with Crippen LogP contribution < -0.4 is 0 Å². The van der Waals surface area contributed by atoms with E-state index >= 15 is 0 Å². The number of pyridine rings is 1. The van der Waals surface area contributed by atoms with E-state index < -0.39 is 6.85 Å². The molecule has 5 aromatic carbocycles. The van der Waals surface area contributed by atoms with Gasteiger partial charge in [-0.05, 0) is 76.5 Å². The average Bonchev–Trinajstić information content (AvgIpc) is 3.63. The third-order valence-corrected chi connectivity index (χ3v) is 9.01. The van der Waals surface area contributed by atoms with Gasteiger partial charge >= 0.3 is 0 Å². The van der Waals surface area contributed by atoms with Gasteiger partial charge < -0.3 is 4.42 Å². The molecule has 0 aliphatic rings. The first-order chi connectivity index (χ1) is 22.5. The molecule has 44 heavy (non-hydrogen) atoms. The normalized spacial score (nSPS) is 13.6. The summed E-state index contributed by atoms with van der Waals surface area (Å²) in [6.07, 6.45) is 0. The molecule has 0 spiro atoms. The van der Waals surface area contributed by atoms with Crippen LogP contribution in [0.2, 0.25) is 0 Å². The van der Waals surface area contributed by atoms with Gasteiger partial charge in [-0.2, -0.15) is 0 Å². The van der Waals surface area contributed by atoms with Crippen LogP contribution in [-0.2, 0) is 0 Å². The summed E-state index contributed by atoms with van der Waals surface area (Å²) < 4.78 is 33.6. The van der Waals surface area contributed by atoms with Crippen molar-refractivity contribution < 1.29 is 8.53 Å². The third-order valence-electron chi connectivity index (χ3n) is 9.01. The van der Waals surface area contributed by atoms with Crippen LogP contribution in [0.15, 0.2) is 95.4 Å². The third kappa shape index (κ3) is 3.83. The lowest BCUT2D eigenvalue weighted by atomic mass is 9.92. The maximum absolute atomic E-state index is 8.22. The standard InChI is InChI=1S/C40H35N3O/c1-22(2)27-13-9-14-28(23(3)4)38(27)43-34-21-24(5)41-25(6)37(34)42-40(43)33-16-10-15-32-36-31-18-17-26-11-7-8-12-29(26)30(31)19-20-35(36)44-39(32)33/h7-23H,1-6H3/i5D3. The van der Waals surface area contributed by atoms with E-state index in [0.29, 0.717) is 17.0 Å². The number of hydrogen-bond acceptors (Lipinski definition) is 3. The lowest BCUT2D eigenvalue weighted by molar-refractivity contribution is 0.669. The highest BCUT2D eigenvalue weighted by Gasteiger charge is 2.25. The van der Waals surface area contributed by atoms with Gasteiger partial charge in [0.2, 0.25) is 0 Å². The minimum Gasteiger partial charge on any atom is -0.455 e. The van der Waals surface area contributed by atoms with Gasteiger partial charge in [-0.1, -0.05) is 100 Å². The van der Waals surface area contributed by atoms with Gasteiger partial charge in [0.1, 0.15) is 22.5 Å². The number of furan rings is 1. The van der Waals surface area contributed by atoms with E-state index in [1.165, 1.54) is 16.2 Å². The molecular formula is C40H35N3O. The van der Waals surface area contributed by atoms with Gasteiger partial charge in [-0.15, -0.1) is 0 Å². The molecule has 0 aliphatic carbocycles. The summed E-state index contributed by atoms with van der Waals surface area (Å²) in [4.78, 5) is 9.79. The first-order valence-corrected chi connectivity index (χ1v) is 15.3. The molecule has 0 bridgehead atoms. The Kier molecular flexibility index (Phi) is 5.22. The molecule has 0 N–H and O–H groups in total. The van der Waals surface area contributed by atoms with Crippen LogP contribution in [-0.4, -0.2) is 14.5 Å². The molecule has 0 unspecified atom stereocenters. The number of benzene rings is 5. The predicted molar refractivity (Wildman–Crippen MR) is 184 cm³/mol. The highest BCUT2D eigenvalue weighted by atomic mass is 16.3. The number of aromatic nitrogens is 3. The quantitative estimate of drug-likeness (QED) is 0.196. The van der Waals surface area contributed by atoms with Crippen molar-refractivity contribution in [3.63, 3.8) is 0 Å².